The molecule has 0 N–H and O–H groups in total. The number of nitrogens with zero attached hydrogens (tertiary/aromatic N) is 2. The zero-order chi connectivity index (χ0) is 7.84. The monoisotopic (exact) mass is 152 g/mol. The number of morpholine rings is 1. The molecule has 3 nitrogen and oxygen atoms in total. The molecule has 3 heteroatoms. The smallest absolute Gasteiger partial charge is 0.0953 e. The SMILES string of the molecule is CC(C#N)N1CC2CC1CO2. The van der Waals surface area contributed by atoms with Gasteiger partial charge >= 0.3 is 0 Å². The molecule has 2 aliphatic heterocycles. The molecule has 11 heavy (non-hydrogen) atoms. The van der Waals surface area contributed by atoms with Crippen molar-refractivity contribution in [2.45, 2.75) is 31.5 Å². The highest BCUT2D eigenvalue weighted by Crippen LogP contribution is 2.28. The maximum atomic E-state index is 8.69. The average Bonchev–Trinajstić information content (AvgIpc) is 2.62. The van der Waals surface area contributed by atoms with Crippen LogP contribution in [0.25, 0.3) is 0 Å². The average molecular weight is 152 g/mol. The van der Waals surface area contributed by atoms with Gasteiger partial charge in [-0.2, -0.15) is 5.26 Å². The molecule has 0 aromatic rings. The van der Waals surface area contributed by atoms with Gasteiger partial charge in [0.2, 0.25) is 0 Å². The van der Waals surface area contributed by atoms with Gasteiger partial charge in [0.15, 0.2) is 0 Å². The van der Waals surface area contributed by atoms with Gasteiger partial charge in [-0.15, -0.1) is 0 Å². The second kappa shape index (κ2) is 2.47. The van der Waals surface area contributed by atoms with E-state index < -0.39 is 0 Å². The highest BCUT2D eigenvalue weighted by atomic mass is 16.5. The Morgan fingerprint density at radius 3 is 3.00 bits per heavy atom. The molecule has 0 radical (unpaired) electrons. The third-order valence-electron chi connectivity index (χ3n) is 2.63. The molecule has 2 rings (SSSR count). The van der Waals surface area contributed by atoms with E-state index >= 15 is 0 Å². The molecule has 3 unspecified atom stereocenters. The number of likely N-dealkylation sites (tertiary alicyclic amines) is 1. The minimum Gasteiger partial charge on any atom is -0.375 e. The van der Waals surface area contributed by atoms with Gasteiger partial charge in [0, 0.05) is 12.6 Å². The van der Waals surface area contributed by atoms with Crippen LogP contribution < -0.4 is 0 Å². The molecule has 3 atom stereocenters. The van der Waals surface area contributed by atoms with Crippen molar-refractivity contribution in [3.63, 3.8) is 0 Å². The van der Waals surface area contributed by atoms with Crippen molar-refractivity contribution in [1.82, 2.24) is 4.90 Å². The number of hydrogen-bond acceptors (Lipinski definition) is 3. The van der Waals surface area contributed by atoms with Crippen LogP contribution in [0.5, 0.6) is 0 Å². The Balaban J connectivity index is 2.03. The first-order chi connectivity index (χ1) is 5.31. The Hall–Kier alpha value is -0.590. The molecule has 60 valence electrons. The zero-order valence-corrected chi connectivity index (χ0v) is 6.66. The Bertz CT molecular complexity index is 199. The van der Waals surface area contributed by atoms with Crippen molar-refractivity contribution < 1.29 is 4.74 Å². The molecule has 2 heterocycles. The third-order valence-corrected chi connectivity index (χ3v) is 2.63. The van der Waals surface area contributed by atoms with Crippen molar-refractivity contribution in [1.29, 1.82) is 5.26 Å². The summed E-state index contributed by atoms with van der Waals surface area (Å²) < 4.78 is 5.43. The lowest BCUT2D eigenvalue weighted by Gasteiger charge is -2.28. The molecule has 0 amide bonds. The predicted molar refractivity (Wildman–Crippen MR) is 39.9 cm³/mol. The zero-order valence-electron chi connectivity index (χ0n) is 6.66. The van der Waals surface area contributed by atoms with Crippen LogP contribution in [-0.4, -0.2) is 36.2 Å². The largest absolute Gasteiger partial charge is 0.375 e. The molecular formula is C8H12N2O. The van der Waals surface area contributed by atoms with Crippen LogP contribution in [0.4, 0.5) is 0 Å². The van der Waals surface area contributed by atoms with Crippen molar-refractivity contribution in [3.05, 3.63) is 0 Å². The van der Waals surface area contributed by atoms with Crippen LogP contribution >= 0.6 is 0 Å². The highest BCUT2D eigenvalue weighted by Gasteiger charge is 2.40. The Labute approximate surface area is 66.5 Å². The molecule has 0 aromatic heterocycles. The molecule has 2 aliphatic rings. The number of rotatable bonds is 1. The van der Waals surface area contributed by atoms with Gasteiger partial charge in [0.1, 0.15) is 0 Å². The van der Waals surface area contributed by atoms with E-state index in [1.807, 2.05) is 6.92 Å². The van der Waals surface area contributed by atoms with Crippen LogP contribution in [0.1, 0.15) is 13.3 Å². The lowest BCUT2D eigenvalue weighted by atomic mass is 10.2. The molecule has 0 saturated carbocycles. The van der Waals surface area contributed by atoms with Gasteiger partial charge in [-0.25, -0.2) is 0 Å². The van der Waals surface area contributed by atoms with E-state index in [0.29, 0.717) is 12.1 Å². The van der Waals surface area contributed by atoms with Crippen LogP contribution in [0.2, 0.25) is 0 Å². The predicted octanol–water partition coefficient (Wildman–Crippen LogP) is 0.372. The number of nitriles is 1. The molecule has 2 saturated heterocycles. The molecule has 0 aliphatic carbocycles. The molecule has 0 aromatic carbocycles. The topological polar surface area (TPSA) is 36.3 Å². The summed E-state index contributed by atoms with van der Waals surface area (Å²) in [5.74, 6) is 0. The van der Waals surface area contributed by atoms with Crippen LogP contribution in [0.15, 0.2) is 0 Å². The van der Waals surface area contributed by atoms with E-state index in [4.69, 9.17) is 10.00 Å². The highest BCUT2D eigenvalue weighted by molar-refractivity contribution is 4.99. The van der Waals surface area contributed by atoms with Crippen molar-refractivity contribution >= 4 is 0 Å². The van der Waals surface area contributed by atoms with E-state index in [-0.39, 0.29) is 6.04 Å². The van der Waals surface area contributed by atoms with Crippen molar-refractivity contribution in [2.75, 3.05) is 13.2 Å². The first-order valence-corrected chi connectivity index (χ1v) is 4.08. The van der Waals surface area contributed by atoms with E-state index in [0.717, 1.165) is 19.6 Å². The van der Waals surface area contributed by atoms with Gasteiger partial charge in [-0.3, -0.25) is 4.90 Å². The summed E-state index contributed by atoms with van der Waals surface area (Å²) in [5, 5.41) is 8.69. The van der Waals surface area contributed by atoms with Gasteiger partial charge < -0.3 is 4.74 Å². The van der Waals surface area contributed by atoms with E-state index in [1.54, 1.807) is 0 Å². The first kappa shape index (κ1) is 7.08. The van der Waals surface area contributed by atoms with Gasteiger partial charge in [-0.05, 0) is 13.3 Å². The Kier molecular flexibility index (Phi) is 1.59. The van der Waals surface area contributed by atoms with Gasteiger partial charge in [0.25, 0.3) is 0 Å². The second-order valence-electron chi connectivity index (χ2n) is 3.35. The Morgan fingerprint density at radius 1 is 1.73 bits per heavy atom. The van der Waals surface area contributed by atoms with Crippen LogP contribution in [-0.2, 0) is 4.74 Å². The van der Waals surface area contributed by atoms with Crippen LogP contribution in [0, 0.1) is 11.3 Å². The fourth-order valence-electron chi connectivity index (χ4n) is 1.98. The summed E-state index contributed by atoms with van der Waals surface area (Å²) in [7, 11) is 0. The van der Waals surface area contributed by atoms with Crippen molar-refractivity contribution in [2.24, 2.45) is 0 Å². The quantitative estimate of drug-likeness (QED) is 0.544. The summed E-state index contributed by atoms with van der Waals surface area (Å²) >= 11 is 0. The number of ether oxygens (including phenoxy) is 1. The summed E-state index contributed by atoms with van der Waals surface area (Å²) in [4.78, 5) is 2.24. The third kappa shape index (κ3) is 1.03. The fraction of sp³-hybridized carbons (Fsp3) is 0.875. The van der Waals surface area contributed by atoms with E-state index in [1.165, 1.54) is 0 Å². The Morgan fingerprint density at radius 2 is 2.55 bits per heavy atom. The summed E-state index contributed by atoms with van der Waals surface area (Å²) in [6, 6.07) is 2.85. The minimum atomic E-state index is 0.0638. The van der Waals surface area contributed by atoms with Crippen molar-refractivity contribution in [3.8, 4) is 6.07 Å². The maximum Gasteiger partial charge on any atom is 0.0953 e. The lowest BCUT2D eigenvalue weighted by molar-refractivity contribution is 0.0235. The summed E-state index contributed by atoms with van der Waals surface area (Å²) in [6.07, 6.45) is 1.54. The lowest BCUT2D eigenvalue weighted by Crippen LogP contribution is -2.42. The maximum absolute atomic E-state index is 8.69. The summed E-state index contributed by atoms with van der Waals surface area (Å²) in [6.45, 7) is 3.75. The summed E-state index contributed by atoms with van der Waals surface area (Å²) in [5.41, 5.74) is 0. The van der Waals surface area contributed by atoms with Gasteiger partial charge in [-0.1, -0.05) is 0 Å². The van der Waals surface area contributed by atoms with E-state index in [9.17, 15) is 0 Å². The molecule has 2 bridgehead atoms. The second-order valence-corrected chi connectivity index (χ2v) is 3.35. The number of fused-ring (bicyclic) bond motifs is 2. The van der Waals surface area contributed by atoms with Crippen LogP contribution in [0.3, 0.4) is 0 Å². The van der Waals surface area contributed by atoms with E-state index in [2.05, 4.69) is 11.0 Å². The molecule has 2 fully saturated rings. The van der Waals surface area contributed by atoms with Gasteiger partial charge in [0.05, 0.1) is 24.8 Å². The first-order valence-electron chi connectivity index (χ1n) is 4.08. The standard InChI is InChI=1S/C8H12N2O/c1-6(3-9)10-4-8-2-7(10)5-11-8/h6-8H,2,4-5H2,1H3. The minimum absolute atomic E-state index is 0.0638. The fourth-order valence-corrected chi connectivity index (χ4v) is 1.98. The normalized spacial score (nSPS) is 38.9. The number of hydrogen-bond donors (Lipinski definition) is 0. The molecule has 0 spiro atoms. The molecular weight excluding hydrogens is 140 g/mol.